The van der Waals surface area contributed by atoms with Gasteiger partial charge in [-0.3, -0.25) is 5.73 Å². The van der Waals surface area contributed by atoms with Crippen LogP contribution in [-0.2, 0) is 13.1 Å². The van der Waals surface area contributed by atoms with Gasteiger partial charge in [-0.05, 0) is 35.9 Å². The quantitative estimate of drug-likeness (QED) is 0.419. The molecule has 5 nitrogen and oxygen atoms in total. The molecule has 0 aliphatic rings. The van der Waals surface area contributed by atoms with E-state index < -0.39 is 6.10 Å². The second-order valence-corrected chi connectivity index (χ2v) is 7.91. The zero-order valence-corrected chi connectivity index (χ0v) is 17.7. The van der Waals surface area contributed by atoms with Crippen LogP contribution in [0, 0.1) is 0 Å². The first-order valence-electron chi connectivity index (χ1n) is 9.59. The lowest BCUT2D eigenvalue weighted by Crippen LogP contribution is -2.37. The molecule has 3 N–H and O–H groups in total. The number of benzene rings is 3. The van der Waals surface area contributed by atoms with Gasteiger partial charge in [0.25, 0.3) is 0 Å². The number of nitrogen functional groups attached to an aromatic ring is 1. The monoisotopic (exact) mass is 442 g/mol. The number of ether oxygens (including phenoxy) is 1. The zero-order chi connectivity index (χ0) is 21.1. The Morgan fingerprint density at radius 3 is 2.50 bits per heavy atom. The molecule has 0 bridgehead atoms. The number of anilines is 1. The summed E-state index contributed by atoms with van der Waals surface area (Å²) >= 11 is 12.0. The Morgan fingerprint density at radius 2 is 1.73 bits per heavy atom. The standard InChI is InChI=1S/C23H21Cl2N3O2/c24-17-10-11-22(19(25)12-17)30-15-18(29)14-28-21-9-5-4-8-20(21)27(23(28)26)13-16-6-2-1-3-7-16/h1-12,18,26,29H,13-15H2/p+1. The van der Waals surface area contributed by atoms with Crippen LogP contribution in [-0.4, -0.2) is 22.4 Å². The average molecular weight is 443 g/mol. The highest BCUT2D eigenvalue weighted by Gasteiger charge is 2.23. The van der Waals surface area contributed by atoms with E-state index >= 15 is 0 Å². The number of fused-ring (bicyclic) bond motifs is 1. The van der Waals surface area contributed by atoms with Crippen molar-refractivity contribution in [1.82, 2.24) is 4.57 Å². The highest BCUT2D eigenvalue weighted by Crippen LogP contribution is 2.27. The lowest BCUT2D eigenvalue weighted by atomic mass is 10.2. The van der Waals surface area contributed by atoms with Crippen LogP contribution in [0.4, 0.5) is 5.95 Å². The molecule has 0 aliphatic heterocycles. The number of para-hydroxylation sites is 2. The summed E-state index contributed by atoms with van der Waals surface area (Å²) in [6.45, 7) is 1.01. The van der Waals surface area contributed by atoms with Crippen molar-refractivity contribution < 1.29 is 14.4 Å². The molecule has 1 aromatic heterocycles. The highest BCUT2D eigenvalue weighted by atomic mass is 35.5. The second-order valence-electron chi connectivity index (χ2n) is 7.07. The van der Waals surface area contributed by atoms with Gasteiger partial charge in [-0.25, -0.2) is 9.13 Å². The van der Waals surface area contributed by atoms with Crippen LogP contribution >= 0.6 is 23.2 Å². The summed E-state index contributed by atoms with van der Waals surface area (Å²) in [4.78, 5) is 0. The van der Waals surface area contributed by atoms with Crippen LogP contribution in [0.3, 0.4) is 0 Å². The fourth-order valence-corrected chi connectivity index (χ4v) is 3.94. The number of aliphatic hydroxyl groups is 1. The molecular formula is C23H22Cl2N3O2+. The summed E-state index contributed by atoms with van der Waals surface area (Å²) in [5.74, 6) is 1.05. The normalized spacial score (nSPS) is 12.2. The Labute approximate surface area is 184 Å². The van der Waals surface area contributed by atoms with Gasteiger partial charge in [-0.2, -0.15) is 0 Å². The van der Waals surface area contributed by atoms with Crippen LogP contribution in [0.2, 0.25) is 10.0 Å². The van der Waals surface area contributed by atoms with E-state index in [0.29, 0.717) is 34.8 Å². The van der Waals surface area contributed by atoms with Crippen molar-refractivity contribution in [2.45, 2.75) is 19.2 Å². The number of hydrogen-bond donors (Lipinski definition) is 2. The summed E-state index contributed by atoms with van der Waals surface area (Å²) in [6, 6.07) is 23.1. The summed E-state index contributed by atoms with van der Waals surface area (Å²) < 4.78 is 9.64. The van der Waals surface area contributed by atoms with Gasteiger partial charge in [0.05, 0.1) is 11.6 Å². The summed E-state index contributed by atoms with van der Waals surface area (Å²) in [5.41, 5.74) is 9.61. The van der Waals surface area contributed by atoms with E-state index in [4.69, 9.17) is 33.7 Å². The molecule has 1 unspecified atom stereocenters. The molecule has 0 fully saturated rings. The average Bonchev–Trinajstić information content (AvgIpc) is 3.00. The highest BCUT2D eigenvalue weighted by molar-refractivity contribution is 6.35. The molecule has 4 rings (SSSR count). The van der Waals surface area contributed by atoms with E-state index in [9.17, 15) is 5.11 Å². The van der Waals surface area contributed by atoms with Gasteiger partial charge in [0.1, 0.15) is 36.0 Å². The molecule has 1 heterocycles. The maximum Gasteiger partial charge on any atom is 0.356 e. The smallest absolute Gasteiger partial charge is 0.356 e. The van der Waals surface area contributed by atoms with Crippen LogP contribution in [0.5, 0.6) is 5.75 Å². The molecule has 1 atom stereocenters. The Hall–Kier alpha value is -2.73. The number of nitrogens with zero attached hydrogens (tertiary/aromatic N) is 2. The third-order valence-electron chi connectivity index (χ3n) is 4.92. The molecule has 0 spiro atoms. The Kier molecular flexibility index (Phi) is 6.13. The Balaban J connectivity index is 1.55. The van der Waals surface area contributed by atoms with E-state index in [-0.39, 0.29) is 6.61 Å². The molecule has 0 radical (unpaired) electrons. The predicted molar refractivity (Wildman–Crippen MR) is 120 cm³/mol. The van der Waals surface area contributed by atoms with E-state index in [1.165, 1.54) is 0 Å². The van der Waals surface area contributed by atoms with E-state index in [1.54, 1.807) is 18.2 Å². The van der Waals surface area contributed by atoms with Crippen molar-refractivity contribution in [3.05, 3.63) is 88.4 Å². The molecule has 30 heavy (non-hydrogen) atoms. The van der Waals surface area contributed by atoms with Crippen molar-refractivity contribution in [2.24, 2.45) is 0 Å². The lowest BCUT2D eigenvalue weighted by Gasteiger charge is -2.13. The molecule has 3 aromatic carbocycles. The minimum absolute atomic E-state index is 0.0754. The topological polar surface area (TPSA) is 64.3 Å². The van der Waals surface area contributed by atoms with Gasteiger partial charge >= 0.3 is 5.95 Å². The molecule has 0 saturated heterocycles. The predicted octanol–water partition coefficient (Wildman–Crippen LogP) is 4.31. The number of nitrogens with two attached hydrogens (primary N) is 1. The molecule has 0 saturated carbocycles. The largest absolute Gasteiger partial charge is 0.489 e. The van der Waals surface area contributed by atoms with Gasteiger partial charge in [0, 0.05) is 5.02 Å². The molecule has 7 heteroatoms. The van der Waals surface area contributed by atoms with Crippen molar-refractivity contribution in [3.8, 4) is 5.75 Å². The van der Waals surface area contributed by atoms with Crippen LogP contribution < -0.4 is 15.0 Å². The van der Waals surface area contributed by atoms with Crippen LogP contribution in [0.1, 0.15) is 5.56 Å². The van der Waals surface area contributed by atoms with Crippen molar-refractivity contribution in [3.63, 3.8) is 0 Å². The maximum atomic E-state index is 10.6. The number of aliphatic hydroxyl groups excluding tert-OH is 1. The minimum atomic E-state index is -0.778. The lowest BCUT2D eigenvalue weighted by molar-refractivity contribution is -0.648. The Morgan fingerprint density at radius 1 is 1.00 bits per heavy atom. The first-order valence-corrected chi connectivity index (χ1v) is 10.3. The SMILES string of the molecule is Nc1n(CC(O)COc2ccc(Cl)cc2Cl)c2ccccc2[n+]1Cc1ccccc1. The van der Waals surface area contributed by atoms with E-state index in [0.717, 1.165) is 16.6 Å². The third kappa shape index (κ3) is 4.38. The summed E-state index contributed by atoms with van der Waals surface area (Å²) in [5, 5.41) is 11.5. The number of aromatic nitrogens is 2. The van der Waals surface area contributed by atoms with Gasteiger partial charge in [-0.15, -0.1) is 0 Å². The van der Waals surface area contributed by atoms with Gasteiger partial charge in [0.15, 0.2) is 0 Å². The Bertz CT molecular complexity index is 1160. The van der Waals surface area contributed by atoms with Crippen LogP contribution in [0.15, 0.2) is 72.8 Å². The van der Waals surface area contributed by atoms with E-state index in [1.807, 2.05) is 51.6 Å². The third-order valence-corrected chi connectivity index (χ3v) is 5.45. The first kappa shape index (κ1) is 20.5. The maximum absolute atomic E-state index is 10.6. The van der Waals surface area contributed by atoms with Crippen molar-refractivity contribution in [2.75, 3.05) is 12.3 Å². The number of imidazole rings is 1. The van der Waals surface area contributed by atoms with Gasteiger partial charge < -0.3 is 9.84 Å². The fourth-order valence-electron chi connectivity index (χ4n) is 3.48. The summed E-state index contributed by atoms with van der Waals surface area (Å²) in [6.07, 6.45) is -0.778. The molecule has 0 amide bonds. The minimum Gasteiger partial charge on any atom is -0.489 e. The molecule has 4 aromatic rings. The van der Waals surface area contributed by atoms with Crippen LogP contribution in [0.25, 0.3) is 11.0 Å². The number of rotatable bonds is 7. The van der Waals surface area contributed by atoms with Crippen molar-refractivity contribution in [1.29, 1.82) is 0 Å². The zero-order valence-electron chi connectivity index (χ0n) is 16.2. The molecular weight excluding hydrogens is 421 g/mol. The van der Waals surface area contributed by atoms with Crippen molar-refractivity contribution >= 4 is 40.2 Å². The van der Waals surface area contributed by atoms with Gasteiger partial charge in [-0.1, -0.05) is 65.7 Å². The number of hydrogen-bond acceptors (Lipinski definition) is 3. The molecule has 154 valence electrons. The number of halogens is 2. The van der Waals surface area contributed by atoms with E-state index in [2.05, 4.69) is 12.1 Å². The van der Waals surface area contributed by atoms with Gasteiger partial charge in [0.2, 0.25) is 0 Å². The first-order chi connectivity index (χ1) is 14.5. The second kappa shape index (κ2) is 8.96. The fraction of sp³-hybridized carbons (Fsp3) is 0.174. The molecule has 0 aliphatic carbocycles. The summed E-state index contributed by atoms with van der Waals surface area (Å²) in [7, 11) is 0.